The summed E-state index contributed by atoms with van der Waals surface area (Å²) < 4.78 is 4.84. The average Bonchev–Trinajstić information content (AvgIpc) is 2.50. The molecule has 0 radical (unpaired) electrons. The van der Waals surface area contributed by atoms with Crippen molar-refractivity contribution in [3.05, 3.63) is 40.9 Å². The van der Waals surface area contributed by atoms with Gasteiger partial charge in [-0.3, -0.25) is 15.6 Å². The van der Waals surface area contributed by atoms with Gasteiger partial charge in [-0.05, 0) is 30.5 Å². The Bertz CT molecular complexity index is 594. The summed E-state index contributed by atoms with van der Waals surface area (Å²) in [6, 6.07) is 4.07. The smallest absolute Gasteiger partial charge is 0.408 e. The first-order valence-corrected chi connectivity index (χ1v) is 8.14. The van der Waals surface area contributed by atoms with Crippen molar-refractivity contribution in [1.29, 1.82) is 0 Å². The minimum atomic E-state index is -0.749. The number of halogens is 2. The number of carbonyl (C=O) groups excluding carboxylic acids is 2. The van der Waals surface area contributed by atoms with Crippen molar-refractivity contribution in [3.63, 3.8) is 0 Å². The first-order valence-electron chi connectivity index (χ1n) is 7.38. The minimum Gasteiger partial charge on any atom is -0.445 e. The predicted molar refractivity (Wildman–Crippen MR) is 96.2 cm³/mol. The van der Waals surface area contributed by atoms with Crippen LogP contribution in [0.4, 0.5) is 10.5 Å². The molecule has 0 saturated carbocycles. The van der Waals surface area contributed by atoms with Gasteiger partial charge in [-0.15, -0.1) is 0 Å². The van der Waals surface area contributed by atoms with Gasteiger partial charge in [0.25, 0.3) is 5.91 Å². The van der Waals surface area contributed by atoms with Crippen LogP contribution in [0.2, 0.25) is 10.0 Å². The second kappa shape index (κ2) is 10.1. The van der Waals surface area contributed by atoms with Crippen LogP contribution in [0.15, 0.2) is 30.9 Å². The Morgan fingerprint density at radius 3 is 2.62 bits per heavy atom. The molecule has 1 atom stereocenters. The molecule has 0 spiro atoms. The van der Waals surface area contributed by atoms with Crippen molar-refractivity contribution >= 4 is 40.9 Å². The number of benzene rings is 1. The zero-order valence-corrected chi connectivity index (χ0v) is 15.1. The number of anilines is 1. The van der Waals surface area contributed by atoms with Crippen molar-refractivity contribution in [2.75, 3.05) is 12.0 Å². The third-order valence-electron chi connectivity index (χ3n) is 2.90. The molecule has 24 heavy (non-hydrogen) atoms. The van der Waals surface area contributed by atoms with Crippen LogP contribution >= 0.6 is 23.2 Å². The van der Waals surface area contributed by atoms with E-state index in [0.29, 0.717) is 22.2 Å². The molecule has 6 nitrogen and oxygen atoms in total. The lowest BCUT2D eigenvalue weighted by molar-refractivity contribution is -0.122. The van der Waals surface area contributed by atoms with Crippen molar-refractivity contribution in [2.24, 2.45) is 5.92 Å². The second-order valence-electron chi connectivity index (χ2n) is 5.45. The summed E-state index contributed by atoms with van der Waals surface area (Å²) in [7, 11) is 0. The lowest BCUT2D eigenvalue weighted by Gasteiger charge is -2.20. The SMILES string of the molecule is C=CCOC(=O)NC(CC(C)C)C(=O)NNc1ccc(Cl)cc1Cl. The average molecular weight is 374 g/mol. The fraction of sp³-hybridized carbons (Fsp3) is 0.375. The van der Waals surface area contributed by atoms with E-state index in [4.69, 9.17) is 27.9 Å². The van der Waals surface area contributed by atoms with E-state index in [1.807, 2.05) is 13.8 Å². The van der Waals surface area contributed by atoms with E-state index in [9.17, 15) is 9.59 Å². The molecule has 1 rings (SSSR count). The molecule has 0 aliphatic rings. The van der Waals surface area contributed by atoms with Crippen LogP contribution in [-0.2, 0) is 9.53 Å². The molecule has 3 N–H and O–H groups in total. The lowest BCUT2D eigenvalue weighted by atomic mass is 10.0. The van der Waals surface area contributed by atoms with Gasteiger partial charge in [0.15, 0.2) is 0 Å². The number of hydrogen-bond donors (Lipinski definition) is 3. The number of hydrogen-bond acceptors (Lipinski definition) is 4. The maximum Gasteiger partial charge on any atom is 0.408 e. The summed E-state index contributed by atoms with van der Waals surface area (Å²) in [5.74, 6) is -0.218. The molecule has 1 aromatic carbocycles. The Morgan fingerprint density at radius 1 is 1.33 bits per heavy atom. The van der Waals surface area contributed by atoms with Gasteiger partial charge >= 0.3 is 6.09 Å². The van der Waals surface area contributed by atoms with Crippen molar-refractivity contribution in [1.82, 2.24) is 10.7 Å². The second-order valence-corrected chi connectivity index (χ2v) is 6.30. The Balaban J connectivity index is 2.66. The topological polar surface area (TPSA) is 79.5 Å². The fourth-order valence-electron chi connectivity index (χ4n) is 1.83. The normalized spacial score (nSPS) is 11.5. The molecule has 2 amide bonds. The Labute approximate surface area is 151 Å². The van der Waals surface area contributed by atoms with Gasteiger partial charge in [0.2, 0.25) is 0 Å². The van der Waals surface area contributed by atoms with E-state index < -0.39 is 18.0 Å². The van der Waals surface area contributed by atoms with E-state index in [0.717, 1.165) is 0 Å². The molecule has 1 aromatic rings. The van der Waals surface area contributed by atoms with Crippen molar-refractivity contribution in [2.45, 2.75) is 26.3 Å². The Kier molecular flexibility index (Phi) is 8.43. The Hall–Kier alpha value is -1.92. The molecule has 0 aliphatic carbocycles. The maximum atomic E-state index is 12.3. The van der Waals surface area contributed by atoms with Gasteiger partial charge in [0.1, 0.15) is 12.6 Å². The van der Waals surface area contributed by atoms with Gasteiger partial charge in [-0.1, -0.05) is 49.7 Å². The van der Waals surface area contributed by atoms with Gasteiger partial charge in [0, 0.05) is 5.02 Å². The summed E-state index contributed by atoms with van der Waals surface area (Å²) in [5, 5.41) is 3.38. The summed E-state index contributed by atoms with van der Waals surface area (Å²) in [5.41, 5.74) is 5.72. The Morgan fingerprint density at radius 2 is 2.04 bits per heavy atom. The number of ether oxygens (including phenoxy) is 1. The van der Waals surface area contributed by atoms with E-state index in [-0.39, 0.29) is 12.5 Å². The van der Waals surface area contributed by atoms with Crippen molar-refractivity contribution < 1.29 is 14.3 Å². The highest BCUT2D eigenvalue weighted by molar-refractivity contribution is 6.36. The highest BCUT2D eigenvalue weighted by atomic mass is 35.5. The summed E-state index contributed by atoms with van der Waals surface area (Å²) >= 11 is 11.8. The summed E-state index contributed by atoms with van der Waals surface area (Å²) in [6.07, 6.45) is 1.21. The highest BCUT2D eigenvalue weighted by Crippen LogP contribution is 2.24. The molecule has 0 heterocycles. The first-order chi connectivity index (χ1) is 11.3. The van der Waals surface area contributed by atoms with Crippen LogP contribution in [0.5, 0.6) is 0 Å². The monoisotopic (exact) mass is 373 g/mol. The number of amides is 2. The molecule has 0 aliphatic heterocycles. The quantitative estimate of drug-likeness (QED) is 0.478. The lowest BCUT2D eigenvalue weighted by Crippen LogP contribution is -2.49. The zero-order valence-electron chi connectivity index (χ0n) is 13.6. The van der Waals surface area contributed by atoms with Gasteiger partial charge in [-0.25, -0.2) is 4.79 Å². The fourth-order valence-corrected chi connectivity index (χ4v) is 2.28. The van der Waals surface area contributed by atoms with Gasteiger partial charge < -0.3 is 10.1 Å². The third kappa shape index (κ3) is 7.10. The molecule has 0 saturated heterocycles. The molecule has 0 fully saturated rings. The van der Waals surface area contributed by atoms with E-state index in [2.05, 4.69) is 22.7 Å². The highest BCUT2D eigenvalue weighted by Gasteiger charge is 2.22. The van der Waals surface area contributed by atoms with Crippen LogP contribution in [0, 0.1) is 5.92 Å². The van der Waals surface area contributed by atoms with E-state index in [1.165, 1.54) is 6.08 Å². The number of alkyl carbamates (subject to hydrolysis) is 1. The zero-order chi connectivity index (χ0) is 18.1. The maximum absolute atomic E-state index is 12.3. The van der Waals surface area contributed by atoms with Crippen molar-refractivity contribution in [3.8, 4) is 0 Å². The molecule has 8 heteroatoms. The summed E-state index contributed by atoms with van der Waals surface area (Å²) in [6.45, 7) is 7.42. The van der Waals surface area contributed by atoms with Gasteiger partial charge in [-0.2, -0.15) is 0 Å². The molecule has 132 valence electrons. The predicted octanol–water partition coefficient (Wildman–Crippen LogP) is 3.76. The number of carbonyl (C=O) groups is 2. The number of hydrazine groups is 1. The number of nitrogens with one attached hydrogen (secondary N) is 3. The molecule has 0 bridgehead atoms. The third-order valence-corrected chi connectivity index (χ3v) is 3.45. The molecule has 0 aromatic heterocycles. The molecular formula is C16H21Cl2N3O3. The molecule has 1 unspecified atom stereocenters. The number of rotatable bonds is 8. The minimum absolute atomic E-state index is 0.0699. The first kappa shape index (κ1) is 20.1. The van der Waals surface area contributed by atoms with Crippen LogP contribution < -0.4 is 16.2 Å². The van der Waals surface area contributed by atoms with Crippen LogP contribution in [-0.4, -0.2) is 24.6 Å². The van der Waals surface area contributed by atoms with Crippen LogP contribution in [0.3, 0.4) is 0 Å². The standard InChI is InChI=1S/C16H21Cl2N3O3/c1-4-7-24-16(23)19-14(8-10(2)3)15(22)21-20-13-6-5-11(17)9-12(13)18/h4-6,9-10,14,20H,1,7-8H2,2-3H3,(H,19,23)(H,21,22). The van der Waals surface area contributed by atoms with Gasteiger partial charge in [0.05, 0.1) is 10.7 Å². The summed E-state index contributed by atoms with van der Waals surface area (Å²) in [4.78, 5) is 24.0. The van der Waals surface area contributed by atoms with Crippen LogP contribution in [0.1, 0.15) is 20.3 Å². The van der Waals surface area contributed by atoms with E-state index in [1.54, 1.807) is 18.2 Å². The van der Waals surface area contributed by atoms with E-state index >= 15 is 0 Å². The largest absolute Gasteiger partial charge is 0.445 e. The molecular weight excluding hydrogens is 353 g/mol. The van der Waals surface area contributed by atoms with Crippen LogP contribution in [0.25, 0.3) is 0 Å².